The fourth-order valence-corrected chi connectivity index (χ4v) is 4.09. The Morgan fingerprint density at radius 3 is 2.47 bits per heavy atom. The van der Waals surface area contributed by atoms with Gasteiger partial charge in [-0.1, -0.05) is 19.8 Å². The van der Waals surface area contributed by atoms with Crippen LogP contribution in [0.4, 0.5) is 0 Å². The molecule has 0 aliphatic heterocycles. The molecule has 0 aromatic rings. The van der Waals surface area contributed by atoms with Gasteiger partial charge in [-0.15, -0.1) is 0 Å². The van der Waals surface area contributed by atoms with E-state index in [9.17, 15) is 8.42 Å². The van der Waals surface area contributed by atoms with E-state index >= 15 is 0 Å². The number of rotatable bonds is 5. The lowest BCUT2D eigenvalue weighted by Crippen LogP contribution is -2.49. The maximum absolute atomic E-state index is 11.6. The molecule has 0 aromatic carbocycles. The second-order valence-corrected chi connectivity index (χ2v) is 8.42. The molecule has 2 unspecified atom stereocenters. The Morgan fingerprint density at radius 1 is 1.29 bits per heavy atom. The summed E-state index contributed by atoms with van der Waals surface area (Å²) in [7, 11) is -2.87. The van der Waals surface area contributed by atoms with Crippen molar-refractivity contribution >= 4 is 9.84 Å². The summed E-state index contributed by atoms with van der Waals surface area (Å²) in [6.07, 6.45) is 7.42. The smallest absolute Gasteiger partial charge is 0.150 e. The molecule has 1 rings (SSSR count). The number of hydrogen-bond donors (Lipinski definition) is 1. The van der Waals surface area contributed by atoms with Crippen molar-refractivity contribution in [2.75, 3.05) is 6.26 Å². The lowest BCUT2D eigenvalue weighted by molar-refractivity contribution is 0.267. The normalized spacial score (nSPS) is 27.1. The Kier molecular flexibility index (Phi) is 5.02. The molecule has 1 aliphatic rings. The third kappa shape index (κ3) is 4.96. The van der Waals surface area contributed by atoms with Crippen LogP contribution in [0.5, 0.6) is 0 Å². The molecule has 102 valence electrons. The van der Waals surface area contributed by atoms with Crippen molar-refractivity contribution in [3.05, 3.63) is 0 Å². The Labute approximate surface area is 106 Å². The topological polar surface area (TPSA) is 46.2 Å². The lowest BCUT2D eigenvalue weighted by atomic mass is 9.90. The highest BCUT2D eigenvalue weighted by Crippen LogP contribution is 2.26. The summed E-state index contributed by atoms with van der Waals surface area (Å²) in [6, 6.07) is 0.366. The van der Waals surface area contributed by atoms with Gasteiger partial charge < -0.3 is 5.32 Å². The molecule has 2 atom stereocenters. The van der Waals surface area contributed by atoms with E-state index in [0.717, 1.165) is 38.5 Å². The van der Waals surface area contributed by atoms with Gasteiger partial charge in [0.05, 0.1) is 5.25 Å². The Hall–Kier alpha value is -0.0900. The molecule has 17 heavy (non-hydrogen) atoms. The van der Waals surface area contributed by atoms with Crippen molar-refractivity contribution in [1.82, 2.24) is 5.32 Å². The predicted octanol–water partition coefficient (Wildman–Crippen LogP) is 2.51. The van der Waals surface area contributed by atoms with E-state index in [0.29, 0.717) is 6.04 Å². The lowest BCUT2D eigenvalue weighted by Gasteiger charge is -2.36. The van der Waals surface area contributed by atoms with Gasteiger partial charge in [-0.3, -0.25) is 0 Å². The third-order valence-corrected chi connectivity index (χ3v) is 5.34. The van der Waals surface area contributed by atoms with Gasteiger partial charge in [-0.05, 0) is 39.5 Å². The van der Waals surface area contributed by atoms with E-state index in [-0.39, 0.29) is 10.8 Å². The van der Waals surface area contributed by atoms with Crippen LogP contribution in [-0.4, -0.2) is 31.5 Å². The average Bonchev–Trinajstić information content (AvgIpc) is 2.15. The SMILES string of the molecule is CCCC(C)(C)NC1CCCC(S(C)(=O)=O)C1. The van der Waals surface area contributed by atoms with E-state index in [1.54, 1.807) is 0 Å². The van der Waals surface area contributed by atoms with Gasteiger partial charge in [0.25, 0.3) is 0 Å². The van der Waals surface area contributed by atoms with Gasteiger partial charge in [0.2, 0.25) is 0 Å². The first-order valence-corrected chi connectivity index (χ1v) is 8.66. The van der Waals surface area contributed by atoms with E-state index in [1.165, 1.54) is 6.26 Å². The summed E-state index contributed by atoms with van der Waals surface area (Å²) in [5.41, 5.74) is 0.124. The molecule has 0 bridgehead atoms. The molecule has 1 N–H and O–H groups in total. The molecule has 4 heteroatoms. The van der Waals surface area contributed by atoms with Crippen molar-refractivity contribution in [3.8, 4) is 0 Å². The fraction of sp³-hybridized carbons (Fsp3) is 1.00. The maximum atomic E-state index is 11.6. The van der Waals surface area contributed by atoms with Crippen LogP contribution in [0.2, 0.25) is 0 Å². The number of hydrogen-bond acceptors (Lipinski definition) is 3. The van der Waals surface area contributed by atoms with Crippen LogP contribution < -0.4 is 5.32 Å². The second kappa shape index (κ2) is 5.70. The first kappa shape index (κ1) is 15.0. The highest BCUT2D eigenvalue weighted by molar-refractivity contribution is 7.91. The first-order chi connectivity index (χ1) is 7.74. The molecule has 0 radical (unpaired) electrons. The van der Waals surface area contributed by atoms with Gasteiger partial charge in [-0.25, -0.2) is 8.42 Å². The first-order valence-electron chi connectivity index (χ1n) is 6.71. The second-order valence-electron chi connectivity index (χ2n) is 6.09. The summed E-state index contributed by atoms with van der Waals surface area (Å²) in [6.45, 7) is 6.60. The van der Waals surface area contributed by atoms with Crippen LogP contribution in [0.15, 0.2) is 0 Å². The van der Waals surface area contributed by atoms with Crippen molar-refractivity contribution in [3.63, 3.8) is 0 Å². The van der Waals surface area contributed by atoms with Gasteiger partial charge in [0, 0.05) is 17.8 Å². The average molecular weight is 261 g/mol. The molecule has 1 saturated carbocycles. The Balaban J connectivity index is 2.56. The third-order valence-electron chi connectivity index (χ3n) is 3.70. The van der Waals surface area contributed by atoms with Crippen molar-refractivity contribution in [2.24, 2.45) is 0 Å². The van der Waals surface area contributed by atoms with E-state index in [1.807, 2.05) is 0 Å². The minimum Gasteiger partial charge on any atom is -0.309 e. The molecule has 0 spiro atoms. The molecule has 0 heterocycles. The molecule has 1 aliphatic carbocycles. The van der Waals surface area contributed by atoms with Crippen LogP contribution in [0.25, 0.3) is 0 Å². The molecule has 0 saturated heterocycles. The fourth-order valence-electron chi connectivity index (χ4n) is 2.91. The van der Waals surface area contributed by atoms with Crippen LogP contribution in [-0.2, 0) is 9.84 Å². The zero-order valence-corrected chi connectivity index (χ0v) is 12.4. The van der Waals surface area contributed by atoms with E-state index in [4.69, 9.17) is 0 Å². The maximum Gasteiger partial charge on any atom is 0.150 e. The van der Waals surface area contributed by atoms with Gasteiger partial charge >= 0.3 is 0 Å². The largest absolute Gasteiger partial charge is 0.309 e. The molecule has 0 aromatic heterocycles. The minimum absolute atomic E-state index is 0.124. The standard InChI is InChI=1S/C13H27NO2S/c1-5-9-13(2,3)14-11-7-6-8-12(10-11)17(4,15)16/h11-12,14H,5-10H2,1-4H3. The zero-order valence-electron chi connectivity index (χ0n) is 11.6. The molecular formula is C13H27NO2S. The summed E-state index contributed by atoms with van der Waals surface area (Å²) in [5, 5.41) is 3.50. The van der Waals surface area contributed by atoms with E-state index < -0.39 is 9.84 Å². The monoisotopic (exact) mass is 261 g/mol. The molecule has 1 fully saturated rings. The molecule has 0 amide bonds. The quantitative estimate of drug-likeness (QED) is 0.827. The highest BCUT2D eigenvalue weighted by Gasteiger charge is 2.31. The van der Waals surface area contributed by atoms with Crippen LogP contribution >= 0.6 is 0 Å². The summed E-state index contributed by atoms with van der Waals surface area (Å²) in [5.74, 6) is 0. The summed E-state index contributed by atoms with van der Waals surface area (Å²) in [4.78, 5) is 0. The van der Waals surface area contributed by atoms with Gasteiger partial charge in [0.15, 0.2) is 0 Å². The molecular weight excluding hydrogens is 234 g/mol. The van der Waals surface area contributed by atoms with Crippen LogP contribution in [0, 0.1) is 0 Å². The van der Waals surface area contributed by atoms with Crippen molar-refractivity contribution < 1.29 is 8.42 Å². The van der Waals surface area contributed by atoms with Crippen molar-refractivity contribution in [2.45, 2.75) is 76.1 Å². The molecule has 3 nitrogen and oxygen atoms in total. The number of sulfone groups is 1. The van der Waals surface area contributed by atoms with Gasteiger partial charge in [-0.2, -0.15) is 0 Å². The predicted molar refractivity (Wildman–Crippen MR) is 73.0 cm³/mol. The Bertz CT molecular complexity index is 335. The minimum atomic E-state index is -2.87. The Morgan fingerprint density at radius 2 is 1.94 bits per heavy atom. The van der Waals surface area contributed by atoms with Crippen LogP contribution in [0.1, 0.15) is 59.3 Å². The van der Waals surface area contributed by atoms with E-state index in [2.05, 4.69) is 26.1 Å². The van der Waals surface area contributed by atoms with Crippen LogP contribution in [0.3, 0.4) is 0 Å². The van der Waals surface area contributed by atoms with Crippen molar-refractivity contribution in [1.29, 1.82) is 0 Å². The zero-order chi connectivity index (χ0) is 13.1. The number of nitrogens with one attached hydrogen (secondary N) is 1. The summed E-state index contributed by atoms with van der Waals surface area (Å²) < 4.78 is 23.2. The van der Waals surface area contributed by atoms with Gasteiger partial charge in [0.1, 0.15) is 9.84 Å². The summed E-state index contributed by atoms with van der Waals surface area (Å²) >= 11 is 0. The highest BCUT2D eigenvalue weighted by atomic mass is 32.2.